The maximum Gasteiger partial charge on any atom is 0.178 e. The van der Waals surface area contributed by atoms with Crippen LogP contribution >= 0.6 is 11.6 Å². The number of rotatable bonds is 5. The Morgan fingerprint density at radius 2 is 1.32 bits per heavy atom. The summed E-state index contributed by atoms with van der Waals surface area (Å²) in [4.78, 5) is 13.9. The maximum absolute atomic E-state index is 11.8. The fraction of sp³-hybridized carbons (Fsp3) is 0.105. The maximum atomic E-state index is 11.8. The van der Waals surface area contributed by atoms with E-state index in [0.717, 1.165) is 16.8 Å². The molecule has 0 unspecified atom stereocenters. The summed E-state index contributed by atoms with van der Waals surface area (Å²) in [7, 11) is 3.99. The second kappa shape index (κ2) is 7.62. The second-order valence-electron chi connectivity index (χ2n) is 5.11. The third-order valence-corrected chi connectivity index (χ3v) is 3.41. The van der Waals surface area contributed by atoms with E-state index in [0.29, 0.717) is 5.02 Å². The standard InChI is InChI=1S/C19H18ClNO/c1-21(2)18-11-5-16(6-12-18)8-14-19(22)13-7-15-3-9-17(20)10-4-15/h3-14H,1-2H3. The van der Waals surface area contributed by atoms with Crippen LogP contribution in [-0.2, 0) is 4.79 Å². The molecule has 0 saturated carbocycles. The van der Waals surface area contributed by atoms with Crippen LogP contribution in [0.25, 0.3) is 12.2 Å². The average molecular weight is 312 g/mol. The summed E-state index contributed by atoms with van der Waals surface area (Å²) in [6, 6.07) is 15.4. The van der Waals surface area contributed by atoms with Crippen LogP contribution in [0, 0.1) is 0 Å². The van der Waals surface area contributed by atoms with Crippen molar-refractivity contribution >= 4 is 35.2 Å². The van der Waals surface area contributed by atoms with E-state index in [1.54, 1.807) is 30.4 Å². The van der Waals surface area contributed by atoms with Gasteiger partial charge in [-0.05, 0) is 47.5 Å². The van der Waals surface area contributed by atoms with Gasteiger partial charge < -0.3 is 4.90 Å². The van der Waals surface area contributed by atoms with Gasteiger partial charge >= 0.3 is 0 Å². The molecule has 2 rings (SSSR count). The topological polar surface area (TPSA) is 20.3 Å². The molecule has 2 aromatic carbocycles. The molecule has 0 saturated heterocycles. The first-order valence-electron chi connectivity index (χ1n) is 6.98. The van der Waals surface area contributed by atoms with Crippen molar-refractivity contribution in [2.45, 2.75) is 0 Å². The number of anilines is 1. The molecule has 2 nitrogen and oxygen atoms in total. The van der Waals surface area contributed by atoms with Gasteiger partial charge in [0.25, 0.3) is 0 Å². The fourth-order valence-electron chi connectivity index (χ4n) is 1.87. The molecule has 0 fully saturated rings. The first-order chi connectivity index (χ1) is 10.5. The van der Waals surface area contributed by atoms with Gasteiger partial charge in [0.1, 0.15) is 0 Å². The molecule has 0 radical (unpaired) electrons. The zero-order chi connectivity index (χ0) is 15.9. The lowest BCUT2D eigenvalue weighted by Crippen LogP contribution is -2.07. The molecule has 0 spiro atoms. The second-order valence-corrected chi connectivity index (χ2v) is 5.54. The Kier molecular flexibility index (Phi) is 5.56. The molecule has 0 heterocycles. The van der Waals surface area contributed by atoms with Gasteiger partial charge in [0.15, 0.2) is 5.78 Å². The number of halogens is 1. The highest BCUT2D eigenvalue weighted by Gasteiger charge is 1.95. The minimum Gasteiger partial charge on any atom is -0.378 e. The smallest absolute Gasteiger partial charge is 0.178 e. The van der Waals surface area contributed by atoms with Crippen LogP contribution in [0.4, 0.5) is 5.69 Å². The van der Waals surface area contributed by atoms with Gasteiger partial charge in [0, 0.05) is 24.8 Å². The lowest BCUT2D eigenvalue weighted by molar-refractivity contribution is -0.110. The lowest BCUT2D eigenvalue weighted by Gasteiger charge is -2.11. The molecule has 0 amide bonds. The van der Waals surface area contributed by atoms with E-state index >= 15 is 0 Å². The molecule has 2 aromatic rings. The van der Waals surface area contributed by atoms with Crippen molar-refractivity contribution in [2.24, 2.45) is 0 Å². The third kappa shape index (κ3) is 4.90. The predicted molar refractivity (Wildman–Crippen MR) is 95.3 cm³/mol. The quantitative estimate of drug-likeness (QED) is 0.746. The first kappa shape index (κ1) is 16.1. The van der Waals surface area contributed by atoms with Crippen LogP contribution in [0.2, 0.25) is 5.02 Å². The van der Waals surface area contributed by atoms with Gasteiger partial charge in [-0.25, -0.2) is 0 Å². The molecule has 0 bridgehead atoms. The summed E-state index contributed by atoms with van der Waals surface area (Å²) in [5.74, 6) is -0.0494. The number of carbonyl (C=O) groups excluding carboxylic acids is 1. The molecule has 0 aromatic heterocycles. The van der Waals surface area contributed by atoms with Crippen molar-refractivity contribution in [3.05, 3.63) is 76.8 Å². The highest BCUT2D eigenvalue weighted by Crippen LogP contribution is 2.13. The zero-order valence-electron chi connectivity index (χ0n) is 12.7. The van der Waals surface area contributed by atoms with E-state index in [1.807, 2.05) is 61.5 Å². The van der Waals surface area contributed by atoms with Crippen molar-refractivity contribution < 1.29 is 4.79 Å². The largest absolute Gasteiger partial charge is 0.378 e. The molecule has 0 N–H and O–H groups in total. The van der Waals surface area contributed by atoms with Crippen molar-refractivity contribution in [2.75, 3.05) is 19.0 Å². The van der Waals surface area contributed by atoms with Gasteiger partial charge in [-0.1, -0.05) is 48.0 Å². The minimum atomic E-state index is -0.0494. The Morgan fingerprint density at radius 3 is 1.77 bits per heavy atom. The number of carbonyl (C=O) groups is 1. The molecule has 0 aliphatic heterocycles. The SMILES string of the molecule is CN(C)c1ccc(C=CC(=O)C=Cc2ccc(Cl)cc2)cc1. The van der Waals surface area contributed by atoms with E-state index < -0.39 is 0 Å². The lowest BCUT2D eigenvalue weighted by atomic mass is 10.1. The summed E-state index contributed by atoms with van der Waals surface area (Å²) in [6.45, 7) is 0. The van der Waals surface area contributed by atoms with Crippen LogP contribution in [-0.4, -0.2) is 19.9 Å². The summed E-state index contributed by atoms with van der Waals surface area (Å²) in [5.41, 5.74) is 3.08. The van der Waals surface area contributed by atoms with Gasteiger partial charge in [0.05, 0.1) is 0 Å². The van der Waals surface area contributed by atoms with Gasteiger partial charge in [-0.2, -0.15) is 0 Å². The first-order valence-corrected chi connectivity index (χ1v) is 7.35. The van der Waals surface area contributed by atoms with E-state index in [4.69, 9.17) is 11.6 Å². The summed E-state index contributed by atoms with van der Waals surface area (Å²) >= 11 is 5.82. The van der Waals surface area contributed by atoms with Crippen LogP contribution in [0.3, 0.4) is 0 Å². The summed E-state index contributed by atoms with van der Waals surface area (Å²) < 4.78 is 0. The minimum absolute atomic E-state index is 0.0494. The Hall–Kier alpha value is -2.32. The predicted octanol–water partition coefficient (Wildman–Crippen LogP) is 4.70. The highest BCUT2D eigenvalue weighted by molar-refractivity contribution is 6.30. The molecular formula is C19H18ClNO. The van der Waals surface area contributed by atoms with Gasteiger partial charge in [-0.3, -0.25) is 4.79 Å². The van der Waals surface area contributed by atoms with Gasteiger partial charge in [-0.15, -0.1) is 0 Å². The number of ketones is 1. The van der Waals surface area contributed by atoms with Crippen LogP contribution in [0.5, 0.6) is 0 Å². The van der Waals surface area contributed by atoms with Crippen LogP contribution < -0.4 is 4.90 Å². The number of benzene rings is 2. The monoisotopic (exact) mass is 311 g/mol. The number of nitrogens with zero attached hydrogens (tertiary/aromatic N) is 1. The fourth-order valence-corrected chi connectivity index (χ4v) is 2.00. The van der Waals surface area contributed by atoms with Crippen molar-refractivity contribution in [3.63, 3.8) is 0 Å². The zero-order valence-corrected chi connectivity index (χ0v) is 13.4. The summed E-state index contributed by atoms with van der Waals surface area (Å²) in [5, 5.41) is 0.685. The molecule has 0 aliphatic rings. The number of hydrogen-bond acceptors (Lipinski definition) is 2. The van der Waals surface area contributed by atoms with Gasteiger partial charge in [0.2, 0.25) is 0 Å². The number of hydrogen-bond donors (Lipinski definition) is 0. The van der Waals surface area contributed by atoms with Crippen molar-refractivity contribution in [1.82, 2.24) is 0 Å². The normalized spacial score (nSPS) is 11.2. The van der Waals surface area contributed by atoms with Crippen molar-refractivity contribution in [1.29, 1.82) is 0 Å². The van der Waals surface area contributed by atoms with Crippen LogP contribution in [0.15, 0.2) is 60.7 Å². The molecular weight excluding hydrogens is 294 g/mol. The Bertz CT molecular complexity index is 682. The third-order valence-electron chi connectivity index (χ3n) is 3.16. The molecule has 22 heavy (non-hydrogen) atoms. The molecule has 3 heteroatoms. The van der Waals surface area contributed by atoms with Crippen LogP contribution in [0.1, 0.15) is 11.1 Å². The van der Waals surface area contributed by atoms with E-state index in [2.05, 4.69) is 0 Å². The summed E-state index contributed by atoms with van der Waals surface area (Å²) in [6.07, 6.45) is 6.71. The van der Waals surface area contributed by atoms with E-state index in [9.17, 15) is 4.79 Å². The van der Waals surface area contributed by atoms with E-state index in [1.165, 1.54) is 0 Å². The molecule has 112 valence electrons. The molecule has 0 aliphatic carbocycles. The average Bonchev–Trinajstić information content (AvgIpc) is 2.52. The van der Waals surface area contributed by atoms with Crippen molar-refractivity contribution in [3.8, 4) is 0 Å². The molecule has 0 atom stereocenters. The Morgan fingerprint density at radius 1 is 0.864 bits per heavy atom. The Balaban J connectivity index is 1.97. The number of allylic oxidation sites excluding steroid dienone is 2. The Labute approximate surface area is 136 Å². The van der Waals surface area contributed by atoms with E-state index in [-0.39, 0.29) is 5.78 Å². The highest BCUT2D eigenvalue weighted by atomic mass is 35.5.